The number of alkyl halides is 1. The molecule has 0 aromatic heterocycles. The van der Waals surface area contributed by atoms with Gasteiger partial charge < -0.3 is 35.6 Å². The molecule has 10 nitrogen and oxygen atoms in total. The van der Waals surface area contributed by atoms with Crippen molar-refractivity contribution in [1.82, 2.24) is 10.2 Å². The fourth-order valence-electron chi connectivity index (χ4n) is 4.77. The van der Waals surface area contributed by atoms with E-state index in [0.717, 1.165) is 25.8 Å². The first-order valence-corrected chi connectivity index (χ1v) is 14.0. The van der Waals surface area contributed by atoms with E-state index in [1.807, 2.05) is 11.9 Å². The molecule has 0 aliphatic carbocycles. The van der Waals surface area contributed by atoms with Gasteiger partial charge in [0.25, 0.3) is 0 Å². The summed E-state index contributed by atoms with van der Waals surface area (Å²) in [5.41, 5.74) is -0.770. The Morgan fingerprint density at radius 2 is 1.86 bits per heavy atom. The standard InChI is InChI=1S/C18H33ClN2O5S.C7H6O3/c1-5-6-10-7-11(21(3)8-10)17(25)20-12(9(2)19)16-14(23)13(22)15(24)18(26-16)27-4;8-6-4-2-1-3-5(6)7(9)10/h9-16,18,22-24H,5-8H2,1-4H3,(H,20,25);1-4,8H,(H,9,10)/t9-,10+,11-,12+,13-,14+,15+,16+,18+;/m0./s1. The summed E-state index contributed by atoms with van der Waals surface area (Å²) < 4.78 is 5.79. The first-order chi connectivity index (χ1) is 17.4. The third-order valence-corrected chi connectivity index (χ3v) is 7.89. The van der Waals surface area contributed by atoms with Crippen LogP contribution in [-0.2, 0) is 9.53 Å². The molecule has 1 aromatic carbocycles. The second kappa shape index (κ2) is 14.5. The third kappa shape index (κ3) is 8.19. The van der Waals surface area contributed by atoms with Crippen LogP contribution in [0.5, 0.6) is 5.75 Å². The van der Waals surface area contributed by atoms with Gasteiger partial charge in [-0.15, -0.1) is 23.4 Å². The molecule has 0 radical (unpaired) electrons. The van der Waals surface area contributed by atoms with Crippen LogP contribution >= 0.6 is 23.4 Å². The normalized spacial score (nSPS) is 31.6. The zero-order chi connectivity index (χ0) is 27.9. The largest absolute Gasteiger partial charge is 0.507 e. The number of carboxylic acids is 1. The molecule has 1 aromatic rings. The molecule has 0 bridgehead atoms. The van der Waals surface area contributed by atoms with Crippen LogP contribution in [0.15, 0.2) is 24.3 Å². The predicted molar refractivity (Wildman–Crippen MR) is 142 cm³/mol. The number of ether oxygens (including phenoxy) is 1. The smallest absolute Gasteiger partial charge is 0.339 e. The Hall–Kier alpha value is -1.60. The summed E-state index contributed by atoms with van der Waals surface area (Å²) in [6, 6.07) is 4.88. The van der Waals surface area contributed by atoms with Crippen LogP contribution in [0.4, 0.5) is 0 Å². The number of likely N-dealkylation sites (tertiary alicyclic amines) is 1. The van der Waals surface area contributed by atoms with Gasteiger partial charge in [0, 0.05) is 6.54 Å². The van der Waals surface area contributed by atoms with E-state index in [2.05, 4.69) is 12.2 Å². The Balaban J connectivity index is 0.000000402. The van der Waals surface area contributed by atoms with E-state index < -0.39 is 47.2 Å². The number of carbonyl (C=O) groups is 2. The van der Waals surface area contributed by atoms with Gasteiger partial charge in [0.15, 0.2) is 0 Å². The number of halogens is 1. The molecule has 0 saturated carbocycles. The Labute approximate surface area is 227 Å². The number of rotatable bonds is 8. The number of aliphatic hydroxyl groups excluding tert-OH is 3. The molecule has 2 aliphatic rings. The number of nitrogens with zero attached hydrogens (tertiary/aromatic N) is 1. The molecular formula is C25H39ClN2O8S. The summed E-state index contributed by atoms with van der Waals surface area (Å²) in [6.07, 6.45) is -0.0980. The quantitative estimate of drug-likeness (QED) is 0.256. The van der Waals surface area contributed by atoms with E-state index in [1.54, 1.807) is 25.3 Å². The van der Waals surface area contributed by atoms with Gasteiger partial charge in [-0.1, -0.05) is 25.5 Å². The van der Waals surface area contributed by atoms with Crippen LogP contribution in [0.2, 0.25) is 0 Å². The summed E-state index contributed by atoms with van der Waals surface area (Å²) in [5, 5.41) is 50.3. The maximum Gasteiger partial charge on any atom is 0.339 e. The van der Waals surface area contributed by atoms with E-state index in [-0.39, 0.29) is 23.3 Å². The second-order valence-electron chi connectivity index (χ2n) is 9.56. The van der Waals surface area contributed by atoms with Crippen molar-refractivity contribution in [1.29, 1.82) is 0 Å². The molecule has 2 saturated heterocycles. The third-order valence-electron chi connectivity index (χ3n) is 6.77. The van der Waals surface area contributed by atoms with Crippen molar-refractivity contribution in [2.75, 3.05) is 19.8 Å². The number of thioether (sulfide) groups is 1. The van der Waals surface area contributed by atoms with Gasteiger partial charge in [-0.05, 0) is 51.1 Å². The topological polar surface area (TPSA) is 160 Å². The molecule has 3 rings (SSSR count). The number of phenols is 1. The minimum Gasteiger partial charge on any atom is -0.507 e. The van der Waals surface area contributed by atoms with Crippen molar-refractivity contribution >= 4 is 35.2 Å². The van der Waals surface area contributed by atoms with Gasteiger partial charge in [0.2, 0.25) is 5.91 Å². The van der Waals surface area contributed by atoms with Gasteiger partial charge >= 0.3 is 5.97 Å². The summed E-state index contributed by atoms with van der Waals surface area (Å²) >= 11 is 7.55. The highest BCUT2D eigenvalue weighted by Gasteiger charge is 2.48. The number of hydrogen-bond donors (Lipinski definition) is 6. The molecule has 37 heavy (non-hydrogen) atoms. The Morgan fingerprint density at radius 1 is 1.22 bits per heavy atom. The highest BCUT2D eigenvalue weighted by Crippen LogP contribution is 2.31. The number of nitrogens with one attached hydrogen (secondary N) is 1. The van der Waals surface area contributed by atoms with Gasteiger partial charge in [-0.3, -0.25) is 9.69 Å². The van der Waals surface area contributed by atoms with Gasteiger partial charge in [-0.25, -0.2) is 4.79 Å². The van der Waals surface area contributed by atoms with Crippen molar-refractivity contribution < 1.29 is 39.9 Å². The lowest BCUT2D eigenvalue weighted by atomic mass is 9.92. The van der Waals surface area contributed by atoms with Crippen molar-refractivity contribution in [3.8, 4) is 5.75 Å². The maximum absolute atomic E-state index is 12.9. The van der Waals surface area contributed by atoms with E-state index >= 15 is 0 Å². The van der Waals surface area contributed by atoms with E-state index in [1.165, 1.54) is 23.9 Å². The number of amides is 1. The SMILES string of the molecule is CCC[C@@H]1C[C@@H](C(=O)N[C@@H]([C@H]2O[C@H](SC)[C@H](O)[C@@H](O)[C@H]2O)[C@H](C)Cl)N(C)C1.O=C(O)c1ccccc1O. The van der Waals surface area contributed by atoms with E-state index in [0.29, 0.717) is 5.92 Å². The highest BCUT2D eigenvalue weighted by molar-refractivity contribution is 7.99. The summed E-state index contributed by atoms with van der Waals surface area (Å²) in [5.74, 6) is -0.962. The van der Waals surface area contributed by atoms with Crippen LogP contribution in [0.25, 0.3) is 0 Å². The fourth-order valence-corrected chi connectivity index (χ4v) is 5.65. The Kier molecular flexibility index (Phi) is 12.4. The second-order valence-corrected chi connectivity index (χ2v) is 11.2. The number of benzene rings is 1. The fraction of sp³-hybridized carbons (Fsp3) is 0.680. The number of carbonyl (C=O) groups excluding carboxylic acids is 1. The molecule has 210 valence electrons. The summed E-state index contributed by atoms with van der Waals surface area (Å²) in [6.45, 7) is 4.74. The minimum atomic E-state index is -1.36. The van der Waals surface area contributed by atoms with Crippen LogP contribution in [0.3, 0.4) is 0 Å². The maximum atomic E-state index is 12.9. The minimum absolute atomic E-state index is 0.0671. The lowest BCUT2D eigenvalue weighted by Crippen LogP contribution is -2.65. The number of para-hydroxylation sites is 1. The number of aromatic carboxylic acids is 1. The van der Waals surface area contributed by atoms with Gasteiger partial charge in [0.1, 0.15) is 41.2 Å². The number of hydrogen-bond acceptors (Lipinski definition) is 9. The molecular weight excluding hydrogens is 524 g/mol. The van der Waals surface area contributed by atoms with Crippen molar-refractivity contribution in [3.05, 3.63) is 29.8 Å². The lowest BCUT2D eigenvalue weighted by molar-refractivity contribution is -0.205. The summed E-state index contributed by atoms with van der Waals surface area (Å²) in [7, 11) is 1.94. The molecule has 2 heterocycles. The van der Waals surface area contributed by atoms with Crippen molar-refractivity contribution in [2.45, 2.75) is 80.4 Å². The average molecular weight is 563 g/mol. The Bertz CT molecular complexity index is 892. The van der Waals surface area contributed by atoms with Crippen LogP contribution in [0.1, 0.15) is 43.5 Å². The molecule has 12 heteroatoms. The van der Waals surface area contributed by atoms with Gasteiger partial charge in [0.05, 0.1) is 17.5 Å². The van der Waals surface area contributed by atoms with Gasteiger partial charge in [-0.2, -0.15) is 0 Å². The van der Waals surface area contributed by atoms with Crippen LogP contribution in [0, 0.1) is 5.92 Å². The van der Waals surface area contributed by atoms with Crippen molar-refractivity contribution in [3.63, 3.8) is 0 Å². The molecule has 9 atom stereocenters. The zero-order valence-electron chi connectivity index (χ0n) is 21.5. The first-order valence-electron chi connectivity index (χ1n) is 12.3. The number of aliphatic hydroxyl groups is 3. The molecule has 6 N–H and O–H groups in total. The molecule has 2 fully saturated rings. The summed E-state index contributed by atoms with van der Waals surface area (Å²) in [4.78, 5) is 25.2. The lowest BCUT2D eigenvalue weighted by Gasteiger charge is -2.44. The van der Waals surface area contributed by atoms with Crippen LogP contribution in [-0.4, -0.2) is 109 Å². The average Bonchev–Trinajstić information content (AvgIpc) is 3.22. The van der Waals surface area contributed by atoms with Crippen LogP contribution < -0.4 is 5.32 Å². The zero-order valence-corrected chi connectivity index (χ0v) is 23.1. The molecule has 0 unspecified atom stereocenters. The van der Waals surface area contributed by atoms with E-state index in [4.69, 9.17) is 26.6 Å². The monoisotopic (exact) mass is 562 g/mol. The van der Waals surface area contributed by atoms with Crippen molar-refractivity contribution in [2.24, 2.45) is 5.92 Å². The molecule has 2 aliphatic heterocycles. The number of likely N-dealkylation sites (N-methyl/N-ethyl adjacent to an activating group) is 1. The Morgan fingerprint density at radius 3 is 2.38 bits per heavy atom. The predicted octanol–water partition coefficient (Wildman–Crippen LogP) is 1.48. The van der Waals surface area contributed by atoms with E-state index in [9.17, 15) is 24.9 Å². The molecule has 0 spiro atoms. The molecule has 1 amide bonds. The highest BCUT2D eigenvalue weighted by atomic mass is 35.5. The first kappa shape index (κ1) is 31.6. The number of aromatic hydroxyl groups is 1. The number of carboxylic acid groups (broad SMARTS) is 1.